The van der Waals surface area contributed by atoms with Gasteiger partial charge in [-0.25, -0.2) is 8.78 Å². The zero-order valence-electron chi connectivity index (χ0n) is 12.2. The predicted octanol–water partition coefficient (Wildman–Crippen LogP) is 4.11. The third kappa shape index (κ3) is 3.27. The van der Waals surface area contributed by atoms with Crippen molar-refractivity contribution in [2.45, 2.75) is 19.9 Å². The minimum absolute atomic E-state index is 0.0476. The SMILES string of the molecule is Cc1ccc(F)c(C(=O)N(C)C(C)c2ccc(F)cc2)c1. The molecule has 1 amide bonds. The molecule has 2 nitrogen and oxygen atoms in total. The summed E-state index contributed by atoms with van der Waals surface area (Å²) < 4.78 is 26.7. The average molecular weight is 289 g/mol. The van der Waals surface area contributed by atoms with Crippen molar-refractivity contribution < 1.29 is 13.6 Å². The first-order valence-corrected chi connectivity index (χ1v) is 6.69. The molecule has 0 aliphatic heterocycles. The summed E-state index contributed by atoms with van der Waals surface area (Å²) in [5, 5.41) is 0. The van der Waals surface area contributed by atoms with Gasteiger partial charge in [0.1, 0.15) is 11.6 Å². The van der Waals surface area contributed by atoms with Gasteiger partial charge in [0, 0.05) is 7.05 Å². The Hall–Kier alpha value is -2.23. The molecule has 0 fully saturated rings. The van der Waals surface area contributed by atoms with Crippen LogP contribution >= 0.6 is 0 Å². The Bertz CT molecular complexity index is 652. The van der Waals surface area contributed by atoms with Crippen molar-refractivity contribution in [1.29, 1.82) is 0 Å². The number of benzene rings is 2. The van der Waals surface area contributed by atoms with E-state index < -0.39 is 11.7 Å². The van der Waals surface area contributed by atoms with Crippen molar-refractivity contribution in [3.63, 3.8) is 0 Å². The molecule has 110 valence electrons. The van der Waals surface area contributed by atoms with Crippen molar-refractivity contribution in [3.8, 4) is 0 Å². The molecule has 0 bridgehead atoms. The zero-order chi connectivity index (χ0) is 15.6. The van der Waals surface area contributed by atoms with Gasteiger partial charge in [0.15, 0.2) is 0 Å². The molecular weight excluding hydrogens is 272 g/mol. The molecular formula is C17H17F2NO. The molecule has 0 aliphatic carbocycles. The van der Waals surface area contributed by atoms with E-state index >= 15 is 0 Å². The first kappa shape index (κ1) is 15.2. The maximum atomic E-state index is 13.8. The number of carbonyl (C=O) groups excluding carboxylic acids is 1. The molecule has 2 rings (SSSR count). The van der Waals surface area contributed by atoms with Crippen molar-refractivity contribution >= 4 is 5.91 Å². The highest BCUT2D eigenvalue weighted by molar-refractivity contribution is 5.94. The Kier molecular flexibility index (Phi) is 4.36. The number of aryl methyl sites for hydroxylation is 1. The summed E-state index contributed by atoms with van der Waals surface area (Å²) in [7, 11) is 1.61. The van der Waals surface area contributed by atoms with E-state index in [2.05, 4.69) is 0 Å². The van der Waals surface area contributed by atoms with E-state index in [0.29, 0.717) is 0 Å². The zero-order valence-corrected chi connectivity index (χ0v) is 12.2. The fraction of sp³-hybridized carbons (Fsp3) is 0.235. The minimum atomic E-state index is -0.538. The third-order valence-corrected chi connectivity index (χ3v) is 3.61. The molecule has 4 heteroatoms. The average Bonchev–Trinajstić information content (AvgIpc) is 2.48. The summed E-state index contributed by atoms with van der Waals surface area (Å²) in [6.07, 6.45) is 0. The second-order valence-electron chi connectivity index (χ2n) is 5.13. The topological polar surface area (TPSA) is 20.3 Å². The van der Waals surface area contributed by atoms with Gasteiger partial charge >= 0.3 is 0 Å². The Morgan fingerprint density at radius 3 is 2.33 bits per heavy atom. The summed E-state index contributed by atoms with van der Waals surface area (Å²) in [5.74, 6) is -1.26. The lowest BCUT2D eigenvalue weighted by Gasteiger charge is -2.25. The fourth-order valence-electron chi connectivity index (χ4n) is 2.13. The fourth-order valence-corrected chi connectivity index (χ4v) is 2.13. The third-order valence-electron chi connectivity index (χ3n) is 3.61. The molecule has 2 aromatic rings. The van der Waals surface area contributed by atoms with Crippen LogP contribution in [0.3, 0.4) is 0 Å². The molecule has 0 N–H and O–H groups in total. The highest BCUT2D eigenvalue weighted by Crippen LogP contribution is 2.22. The lowest BCUT2D eigenvalue weighted by molar-refractivity contribution is 0.0738. The molecule has 0 aromatic heterocycles. The van der Waals surface area contributed by atoms with Gasteiger partial charge in [0.2, 0.25) is 0 Å². The van der Waals surface area contributed by atoms with E-state index in [4.69, 9.17) is 0 Å². The Morgan fingerprint density at radius 1 is 1.10 bits per heavy atom. The van der Waals surface area contributed by atoms with Gasteiger partial charge in [-0.1, -0.05) is 23.8 Å². The molecule has 2 aromatic carbocycles. The molecule has 21 heavy (non-hydrogen) atoms. The lowest BCUT2D eigenvalue weighted by atomic mass is 10.1. The van der Waals surface area contributed by atoms with Crippen LogP contribution < -0.4 is 0 Å². The van der Waals surface area contributed by atoms with E-state index in [9.17, 15) is 13.6 Å². The number of rotatable bonds is 3. The molecule has 0 radical (unpaired) electrons. The lowest BCUT2D eigenvalue weighted by Crippen LogP contribution is -2.30. The monoisotopic (exact) mass is 289 g/mol. The number of hydrogen-bond donors (Lipinski definition) is 0. The number of nitrogens with zero attached hydrogens (tertiary/aromatic N) is 1. The van der Waals surface area contributed by atoms with Crippen LogP contribution in [0, 0.1) is 18.6 Å². The van der Waals surface area contributed by atoms with Crippen LogP contribution in [0.25, 0.3) is 0 Å². The van der Waals surface area contributed by atoms with Gasteiger partial charge in [0.05, 0.1) is 11.6 Å². The molecule has 0 spiro atoms. The number of amides is 1. The van der Waals surface area contributed by atoms with Crippen molar-refractivity contribution in [2.24, 2.45) is 0 Å². The first-order chi connectivity index (χ1) is 9.90. The standard InChI is InChI=1S/C17H17F2NO/c1-11-4-9-16(19)15(10-11)17(21)20(3)12(2)13-5-7-14(18)8-6-13/h4-10,12H,1-3H3. The van der Waals surface area contributed by atoms with Crippen LogP contribution in [0.1, 0.15) is 34.5 Å². The summed E-state index contributed by atoms with van der Waals surface area (Å²) in [6, 6.07) is 10.1. The van der Waals surface area contributed by atoms with Gasteiger partial charge < -0.3 is 4.90 Å². The highest BCUT2D eigenvalue weighted by atomic mass is 19.1. The van der Waals surface area contributed by atoms with E-state index in [-0.39, 0.29) is 17.4 Å². The summed E-state index contributed by atoms with van der Waals surface area (Å²) in [6.45, 7) is 3.62. The van der Waals surface area contributed by atoms with Crippen molar-refractivity contribution in [1.82, 2.24) is 4.90 Å². The van der Waals surface area contributed by atoms with Gasteiger partial charge in [-0.15, -0.1) is 0 Å². The van der Waals surface area contributed by atoms with E-state index in [0.717, 1.165) is 11.1 Å². The quantitative estimate of drug-likeness (QED) is 0.833. The van der Waals surface area contributed by atoms with Crippen molar-refractivity contribution in [2.75, 3.05) is 7.05 Å². The maximum absolute atomic E-state index is 13.8. The van der Waals surface area contributed by atoms with Gasteiger partial charge in [-0.2, -0.15) is 0 Å². The molecule has 0 heterocycles. The Labute approximate surface area is 123 Å². The predicted molar refractivity (Wildman–Crippen MR) is 78.0 cm³/mol. The minimum Gasteiger partial charge on any atom is -0.335 e. The van der Waals surface area contributed by atoms with E-state index in [1.165, 1.54) is 29.2 Å². The van der Waals surface area contributed by atoms with Crippen molar-refractivity contribution in [3.05, 3.63) is 70.8 Å². The van der Waals surface area contributed by atoms with Crippen LogP contribution in [0.5, 0.6) is 0 Å². The summed E-state index contributed by atoms with van der Waals surface area (Å²) in [5.41, 5.74) is 1.66. The van der Waals surface area contributed by atoms with Gasteiger partial charge in [-0.05, 0) is 43.7 Å². The van der Waals surface area contributed by atoms with Crippen LogP contribution in [0.15, 0.2) is 42.5 Å². The van der Waals surface area contributed by atoms with Gasteiger partial charge in [-0.3, -0.25) is 4.79 Å². The van der Waals surface area contributed by atoms with Crippen LogP contribution in [0.4, 0.5) is 8.78 Å². The maximum Gasteiger partial charge on any atom is 0.257 e. The number of carbonyl (C=O) groups is 1. The van der Waals surface area contributed by atoms with Crippen LogP contribution in [-0.4, -0.2) is 17.9 Å². The molecule has 1 atom stereocenters. The second-order valence-corrected chi connectivity index (χ2v) is 5.13. The van der Waals surface area contributed by atoms with Crippen LogP contribution in [-0.2, 0) is 0 Å². The van der Waals surface area contributed by atoms with E-state index in [1.807, 2.05) is 6.92 Å². The number of halogens is 2. The second kappa shape index (κ2) is 6.04. The first-order valence-electron chi connectivity index (χ1n) is 6.69. The van der Waals surface area contributed by atoms with Crippen LogP contribution in [0.2, 0.25) is 0 Å². The molecule has 0 aliphatic rings. The highest BCUT2D eigenvalue weighted by Gasteiger charge is 2.21. The largest absolute Gasteiger partial charge is 0.335 e. The molecule has 0 saturated heterocycles. The van der Waals surface area contributed by atoms with E-state index in [1.54, 1.807) is 32.2 Å². The normalized spacial score (nSPS) is 12.0. The number of hydrogen-bond acceptors (Lipinski definition) is 1. The Morgan fingerprint density at radius 2 is 1.71 bits per heavy atom. The summed E-state index contributed by atoms with van der Waals surface area (Å²) >= 11 is 0. The Balaban J connectivity index is 2.26. The van der Waals surface area contributed by atoms with Gasteiger partial charge in [0.25, 0.3) is 5.91 Å². The summed E-state index contributed by atoms with van der Waals surface area (Å²) in [4.78, 5) is 13.9. The molecule has 1 unspecified atom stereocenters. The molecule has 0 saturated carbocycles. The smallest absolute Gasteiger partial charge is 0.257 e.